The molecule has 1 amide bonds. The molecule has 0 aromatic carbocycles. The van der Waals surface area contributed by atoms with Gasteiger partial charge in [0.25, 0.3) is 0 Å². The summed E-state index contributed by atoms with van der Waals surface area (Å²) in [5.41, 5.74) is 0. The molecule has 1 saturated heterocycles. The Bertz CT molecular complexity index is 253. The predicted octanol–water partition coefficient (Wildman–Crippen LogP) is 2.78. The number of carbonyl (C=O) groups is 2. The van der Waals surface area contributed by atoms with Gasteiger partial charge in [0.05, 0.1) is 0 Å². The topological polar surface area (TPSA) is 37.4 Å². The Morgan fingerprint density at radius 2 is 2.12 bits per heavy atom. The number of hydrogen-bond acceptors (Lipinski definition) is 2. The number of likely N-dealkylation sites (tertiary alicyclic amines) is 1. The van der Waals surface area contributed by atoms with E-state index in [2.05, 4.69) is 11.8 Å². The molecular formula is C14H25NO2. The number of carbonyl (C=O) groups excluding carboxylic acids is 2. The van der Waals surface area contributed by atoms with Crippen molar-refractivity contribution >= 4 is 12.2 Å². The molecule has 0 radical (unpaired) electrons. The van der Waals surface area contributed by atoms with Crippen LogP contribution in [0.15, 0.2) is 0 Å². The van der Waals surface area contributed by atoms with Gasteiger partial charge in [-0.3, -0.25) is 4.79 Å². The van der Waals surface area contributed by atoms with Crippen molar-refractivity contribution in [1.29, 1.82) is 0 Å². The van der Waals surface area contributed by atoms with Crippen LogP contribution in [0.5, 0.6) is 0 Å². The minimum absolute atomic E-state index is 0.159. The minimum atomic E-state index is 0.159. The lowest BCUT2D eigenvalue weighted by atomic mass is 9.99. The van der Waals surface area contributed by atoms with Gasteiger partial charge in [-0.1, -0.05) is 26.7 Å². The van der Waals surface area contributed by atoms with Crippen molar-refractivity contribution in [1.82, 2.24) is 4.90 Å². The summed E-state index contributed by atoms with van der Waals surface area (Å²) in [6, 6.07) is 0.411. The first kappa shape index (κ1) is 14.2. The van der Waals surface area contributed by atoms with Crippen LogP contribution in [0.2, 0.25) is 0 Å². The van der Waals surface area contributed by atoms with Crippen molar-refractivity contribution in [3.63, 3.8) is 0 Å². The third-order valence-corrected chi connectivity index (χ3v) is 3.60. The van der Waals surface area contributed by atoms with E-state index in [1.807, 2.05) is 6.92 Å². The van der Waals surface area contributed by atoms with Gasteiger partial charge < -0.3 is 9.69 Å². The Kier molecular flexibility index (Phi) is 6.23. The van der Waals surface area contributed by atoms with Gasteiger partial charge in [0.1, 0.15) is 6.29 Å². The molecule has 3 nitrogen and oxygen atoms in total. The molecule has 3 heteroatoms. The molecule has 0 spiro atoms. The zero-order chi connectivity index (χ0) is 12.7. The maximum Gasteiger partial charge on any atom is 0.222 e. The summed E-state index contributed by atoms with van der Waals surface area (Å²) in [4.78, 5) is 24.3. The number of aldehydes is 1. The molecule has 1 unspecified atom stereocenters. The Morgan fingerprint density at radius 1 is 1.35 bits per heavy atom. The monoisotopic (exact) mass is 239 g/mol. The molecule has 2 atom stereocenters. The predicted molar refractivity (Wildman–Crippen MR) is 68.7 cm³/mol. The van der Waals surface area contributed by atoms with Crippen LogP contribution in [0.4, 0.5) is 0 Å². The zero-order valence-corrected chi connectivity index (χ0v) is 11.2. The second-order valence-electron chi connectivity index (χ2n) is 5.18. The number of amides is 1. The highest BCUT2D eigenvalue weighted by Gasteiger charge is 2.26. The van der Waals surface area contributed by atoms with Crippen LogP contribution in [0.3, 0.4) is 0 Å². The van der Waals surface area contributed by atoms with Gasteiger partial charge in [-0.05, 0) is 25.7 Å². The van der Waals surface area contributed by atoms with E-state index in [4.69, 9.17) is 0 Å². The Morgan fingerprint density at radius 3 is 2.65 bits per heavy atom. The molecule has 98 valence electrons. The van der Waals surface area contributed by atoms with Gasteiger partial charge >= 0.3 is 0 Å². The highest BCUT2D eigenvalue weighted by Crippen LogP contribution is 2.21. The smallest absolute Gasteiger partial charge is 0.222 e. The molecule has 1 aliphatic heterocycles. The fourth-order valence-corrected chi connectivity index (χ4v) is 2.59. The summed E-state index contributed by atoms with van der Waals surface area (Å²) in [6.07, 6.45) is 8.04. The van der Waals surface area contributed by atoms with Crippen molar-refractivity contribution < 1.29 is 9.59 Å². The second-order valence-corrected chi connectivity index (χ2v) is 5.18. The maximum absolute atomic E-state index is 11.7. The van der Waals surface area contributed by atoms with Crippen molar-refractivity contribution in [2.24, 2.45) is 5.92 Å². The summed E-state index contributed by atoms with van der Waals surface area (Å²) in [5, 5.41) is 0. The Labute approximate surface area is 105 Å². The molecule has 0 bridgehead atoms. The van der Waals surface area contributed by atoms with Crippen LogP contribution in [-0.2, 0) is 9.59 Å². The maximum atomic E-state index is 11.7. The number of nitrogens with zero attached hydrogens (tertiary/aromatic N) is 1. The van der Waals surface area contributed by atoms with E-state index in [9.17, 15) is 9.59 Å². The SMILES string of the molecule is CCCC(CCC[C@H](C)C=O)N1CCCC1=O. The molecule has 0 aliphatic carbocycles. The summed E-state index contributed by atoms with van der Waals surface area (Å²) in [5.74, 6) is 0.485. The van der Waals surface area contributed by atoms with Gasteiger partial charge in [-0.25, -0.2) is 0 Å². The lowest BCUT2D eigenvalue weighted by Crippen LogP contribution is -2.36. The lowest BCUT2D eigenvalue weighted by Gasteiger charge is -2.27. The van der Waals surface area contributed by atoms with Crippen molar-refractivity contribution in [2.75, 3.05) is 6.54 Å². The van der Waals surface area contributed by atoms with E-state index in [0.717, 1.165) is 57.8 Å². The van der Waals surface area contributed by atoms with Gasteiger partial charge in [0.15, 0.2) is 0 Å². The van der Waals surface area contributed by atoms with E-state index in [1.165, 1.54) is 0 Å². The van der Waals surface area contributed by atoms with Crippen molar-refractivity contribution in [3.8, 4) is 0 Å². The summed E-state index contributed by atoms with van der Waals surface area (Å²) in [6.45, 7) is 5.07. The molecule has 1 aliphatic rings. The molecule has 0 aromatic heterocycles. The van der Waals surface area contributed by atoms with Crippen LogP contribution in [-0.4, -0.2) is 29.7 Å². The van der Waals surface area contributed by atoms with Crippen molar-refractivity contribution in [2.45, 2.75) is 64.8 Å². The third-order valence-electron chi connectivity index (χ3n) is 3.60. The van der Waals surface area contributed by atoms with Gasteiger partial charge in [0.2, 0.25) is 5.91 Å². The lowest BCUT2D eigenvalue weighted by molar-refractivity contribution is -0.130. The standard InChI is InChI=1S/C14H25NO2/c1-3-6-13(8-4-7-12(2)11-16)15-10-5-9-14(15)17/h11-13H,3-10H2,1-2H3/t12-,13?/m0/s1. The fourth-order valence-electron chi connectivity index (χ4n) is 2.59. The Hall–Kier alpha value is -0.860. The van der Waals surface area contributed by atoms with Crippen LogP contribution in [0.25, 0.3) is 0 Å². The molecular weight excluding hydrogens is 214 g/mol. The second kappa shape index (κ2) is 7.46. The number of hydrogen-bond donors (Lipinski definition) is 0. The van der Waals surface area contributed by atoms with Crippen LogP contribution >= 0.6 is 0 Å². The normalized spacial score (nSPS) is 19.4. The van der Waals surface area contributed by atoms with E-state index < -0.39 is 0 Å². The van der Waals surface area contributed by atoms with E-state index in [1.54, 1.807) is 0 Å². The summed E-state index contributed by atoms with van der Waals surface area (Å²) >= 11 is 0. The van der Waals surface area contributed by atoms with Crippen LogP contribution in [0, 0.1) is 5.92 Å². The minimum Gasteiger partial charge on any atom is -0.340 e. The van der Waals surface area contributed by atoms with E-state index in [-0.39, 0.29) is 5.92 Å². The van der Waals surface area contributed by atoms with E-state index >= 15 is 0 Å². The van der Waals surface area contributed by atoms with Gasteiger partial charge in [-0.2, -0.15) is 0 Å². The molecule has 1 fully saturated rings. The molecule has 0 N–H and O–H groups in total. The first-order valence-electron chi connectivity index (χ1n) is 6.93. The van der Waals surface area contributed by atoms with Crippen LogP contribution < -0.4 is 0 Å². The first-order valence-corrected chi connectivity index (χ1v) is 6.93. The number of rotatable bonds is 8. The Balaban J connectivity index is 2.37. The average molecular weight is 239 g/mol. The largest absolute Gasteiger partial charge is 0.340 e. The molecule has 0 saturated carbocycles. The van der Waals surface area contributed by atoms with Gasteiger partial charge in [-0.15, -0.1) is 0 Å². The fraction of sp³-hybridized carbons (Fsp3) is 0.857. The molecule has 17 heavy (non-hydrogen) atoms. The molecule has 1 rings (SSSR count). The highest BCUT2D eigenvalue weighted by atomic mass is 16.2. The van der Waals surface area contributed by atoms with Gasteiger partial charge in [0, 0.05) is 24.9 Å². The van der Waals surface area contributed by atoms with E-state index in [0.29, 0.717) is 11.9 Å². The highest BCUT2D eigenvalue weighted by molar-refractivity contribution is 5.78. The summed E-state index contributed by atoms with van der Waals surface area (Å²) in [7, 11) is 0. The quantitative estimate of drug-likeness (QED) is 0.611. The molecule has 1 heterocycles. The third kappa shape index (κ3) is 4.49. The summed E-state index contributed by atoms with van der Waals surface area (Å²) < 4.78 is 0. The van der Waals surface area contributed by atoms with Crippen LogP contribution in [0.1, 0.15) is 58.8 Å². The van der Waals surface area contributed by atoms with Crippen molar-refractivity contribution in [3.05, 3.63) is 0 Å². The first-order chi connectivity index (χ1) is 8.19. The molecule has 0 aromatic rings. The average Bonchev–Trinajstić information content (AvgIpc) is 2.74. The zero-order valence-electron chi connectivity index (χ0n) is 11.2.